The third-order valence-corrected chi connectivity index (χ3v) is 7.54. The minimum absolute atomic E-state index is 0.456. The van der Waals surface area contributed by atoms with E-state index in [0.717, 1.165) is 70.9 Å². The average Bonchev–Trinajstić information content (AvgIpc) is 3.82. The zero-order valence-corrected chi connectivity index (χ0v) is 24.0. The Hall–Kier alpha value is -4.46. The van der Waals surface area contributed by atoms with Crippen LogP contribution in [0.15, 0.2) is 138 Å². The molecule has 0 aliphatic carbocycles. The second-order valence-corrected chi connectivity index (χ2v) is 10.4. The zero-order chi connectivity index (χ0) is 29.1. The van der Waals surface area contributed by atoms with Gasteiger partial charge in [0.05, 0.1) is 63.1 Å². The molecule has 5 aliphatic rings. The highest BCUT2D eigenvalue weighted by molar-refractivity contribution is 7.78. The molecule has 8 bridgehead atoms. The summed E-state index contributed by atoms with van der Waals surface area (Å²) in [5.74, 6) is 0. The Kier molecular flexibility index (Phi) is 8.04. The normalized spacial score (nSPS) is 19.3. The lowest BCUT2D eigenvalue weighted by atomic mass is 9.98. The van der Waals surface area contributed by atoms with Gasteiger partial charge in [-0.25, -0.2) is 20.0 Å². The number of aliphatic imine (C=N–C) groups is 5. The summed E-state index contributed by atoms with van der Waals surface area (Å²) in [6.07, 6.45) is 20.5. The molecule has 0 saturated carbocycles. The fraction of sp³-hybridized carbons (Fsp3) is 0.206. The van der Waals surface area contributed by atoms with Crippen molar-refractivity contribution < 1.29 is 10.2 Å². The van der Waals surface area contributed by atoms with Crippen molar-refractivity contribution in [1.82, 2.24) is 0 Å². The molecule has 42 heavy (non-hydrogen) atoms. The maximum absolute atomic E-state index is 11.0. The third-order valence-electron chi connectivity index (χ3n) is 7.45. The van der Waals surface area contributed by atoms with Crippen molar-refractivity contribution in [2.24, 2.45) is 25.0 Å². The van der Waals surface area contributed by atoms with Gasteiger partial charge in [-0.2, -0.15) is 4.99 Å². The molecule has 1 aromatic rings. The summed E-state index contributed by atoms with van der Waals surface area (Å²) in [6, 6.07) is 7.63. The number of aliphatic hydroxyl groups excluding tert-OH is 2. The van der Waals surface area contributed by atoms with Crippen molar-refractivity contribution in [3.8, 4) is 0 Å². The van der Waals surface area contributed by atoms with Gasteiger partial charge in [0.1, 0.15) is 6.10 Å². The average molecular weight is 572 g/mol. The molecule has 0 radical (unpaired) electrons. The summed E-state index contributed by atoms with van der Waals surface area (Å²) in [5, 5.41) is 23.4. The lowest BCUT2D eigenvalue weighted by Crippen LogP contribution is -2.21. The minimum Gasteiger partial charge on any atom is -0.393 e. The molecule has 0 spiro atoms. The zero-order valence-electron chi connectivity index (χ0n) is 23.2. The molecule has 1 atom stereocenters. The second-order valence-electron chi connectivity index (χ2n) is 10.3. The predicted octanol–water partition coefficient (Wildman–Crippen LogP) is 6.51. The number of aliphatic hydroxyl groups is 2. The van der Waals surface area contributed by atoms with E-state index in [0.29, 0.717) is 28.4 Å². The number of nitrogens with zero attached hydrogens (tertiary/aromatic N) is 5. The Balaban J connectivity index is 1.56. The number of hydrogen-bond acceptors (Lipinski definition) is 8. The van der Waals surface area contributed by atoms with Crippen molar-refractivity contribution in [2.45, 2.75) is 38.7 Å². The Bertz CT molecular complexity index is 1770. The van der Waals surface area contributed by atoms with Crippen LogP contribution in [-0.2, 0) is 0 Å². The number of unbranched alkanes of at least 4 members (excludes halogenated alkanes) is 2. The van der Waals surface area contributed by atoms with Gasteiger partial charge in [-0.3, -0.25) is 0 Å². The van der Waals surface area contributed by atoms with E-state index in [-0.39, 0.29) is 0 Å². The van der Waals surface area contributed by atoms with Crippen LogP contribution in [0.2, 0.25) is 0 Å². The summed E-state index contributed by atoms with van der Waals surface area (Å²) < 4.78 is 0. The Morgan fingerprint density at radius 2 is 1.55 bits per heavy atom. The highest BCUT2D eigenvalue weighted by Crippen LogP contribution is 2.34. The fourth-order valence-corrected chi connectivity index (χ4v) is 5.50. The second kappa shape index (κ2) is 12.2. The maximum atomic E-state index is 11.0. The molecule has 1 aromatic carbocycles. The highest BCUT2D eigenvalue weighted by Gasteiger charge is 2.27. The first-order chi connectivity index (χ1) is 20.6. The third kappa shape index (κ3) is 5.53. The van der Waals surface area contributed by atoms with Crippen LogP contribution in [0.25, 0.3) is 5.57 Å². The minimum atomic E-state index is -1.16. The molecule has 2 N–H and O–H groups in total. The number of thiocarbonyl (C=S) groups is 1. The summed E-state index contributed by atoms with van der Waals surface area (Å²) in [4.78, 5) is 23.9. The van der Waals surface area contributed by atoms with Gasteiger partial charge in [-0.05, 0) is 97.4 Å². The molecule has 5 heterocycles. The van der Waals surface area contributed by atoms with E-state index in [1.54, 1.807) is 0 Å². The van der Waals surface area contributed by atoms with Gasteiger partial charge in [0, 0.05) is 16.7 Å². The monoisotopic (exact) mass is 571 g/mol. The predicted molar refractivity (Wildman–Crippen MR) is 174 cm³/mol. The molecule has 1 unspecified atom stereocenters. The lowest BCUT2D eigenvalue weighted by molar-refractivity contribution is 0.126. The first-order valence-electron chi connectivity index (χ1n) is 14.1. The van der Waals surface area contributed by atoms with Crippen molar-refractivity contribution in [3.05, 3.63) is 118 Å². The maximum Gasteiger partial charge on any atom is 0.106 e. The number of allylic oxidation sites excluding steroid dienone is 11. The number of fused-ring (bicyclic) bond motifs is 4. The fourth-order valence-electron chi connectivity index (χ4n) is 5.39. The summed E-state index contributed by atoms with van der Waals surface area (Å²) in [5.41, 5.74) is 9.81. The molecular formula is C34H29N5O2S. The van der Waals surface area contributed by atoms with Crippen molar-refractivity contribution >= 4 is 51.5 Å². The van der Waals surface area contributed by atoms with Crippen LogP contribution >= 0.6 is 12.2 Å². The van der Waals surface area contributed by atoms with Crippen LogP contribution in [0.1, 0.15) is 38.2 Å². The van der Waals surface area contributed by atoms with Gasteiger partial charge in [-0.15, -0.1) is 0 Å². The van der Waals surface area contributed by atoms with Gasteiger partial charge in [0.15, 0.2) is 0 Å². The van der Waals surface area contributed by atoms with Crippen LogP contribution in [0.4, 0.5) is 5.69 Å². The van der Waals surface area contributed by atoms with Gasteiger partial charge >= 0.3 is 0 Å². The number of benzene rings is 1. The van der Waals surface area contributed by atoms with Crippen LogP contribution in [0.5, 0.6) is 0 Å². The largest absolute Gasteiger partial charge is 0.393 e. The smallest absolute Gasteiger partial charge is 0.106 e. The standard InChI is InChI=1S/C34H29N5O2S/c1-2-3-4-5-25-26-12-10-23(36-26)18-24-11-13-28(37-24)33(21-6-8-22(9-7-21)35-20-42)29-16-17-31(39-29)34(32(41)19-40)30-15-14-27(25)38-30/h6-18,32,40-41H,2-5,19H2,1H3. The van der Waals surface area contributed by atoms with E-state index in [1.165, 1.54) is 0 Å². The van der Waals surface area contributed by atoms with E-state index in [2.05, 4.69) is 17.1 Å². The van der Waals surface area contributed by atoms with Gasteiger partial charge in [0.25, 0.3) is 0 Å². The molecule has 7 nitrogen and oxygen atoms in total. The molecule has 8 heteroatoms. The van der Waals surface area contributed by atoms with Gasteiger partial charge < -0.3 is 10.2 Å². The molecule has 208 valence electrons. The van der Waals surface area contributed by atoms with Crippen molar-refractivity contribution in [2.75, 3.05) is 6.61 Å². The molecule has 0 fully saturated rings. The Morgan fingerprint density at radius 1 is 0.810 bits per heavy atom. The van der Waals surface area contributed by atoms with E-state index in [4.69, 9.17) is 32.2 Å². The van der Waals surface area contributed by atoms with Crippen molar-refractivity contribution in [3.63, 3.8) is 0 Å². The van der Waals surface area contributed by atoms with Crippen LogP contribution in [0.3, 0.4) is 0 Å². The number of isothiocyanates is 1. The topological polar surface area (TPSA) is 102 Å². The molecular weight excluding hydrogens is 542 g/mol. The van der Waals surface area contributed by atoms with Gasteiger partial charge in [-0.1, -0.05) is 31.9 Å². The Labute approximate surface area is 250 Å². The summed E-state index contributed by atoms with van der Waals surface area (Å²) >= 11 is 4.76. The molecule has 0 saturated heterocycles. The van der Waals surface area contributed by atoms with Crippen LogP contribution in [0, 0.1) is 0 Å². The summed E-state index contributed by atoms with van der Waals surface area (Å²) in [7, 11) is 0. The van der Waals surface area contributed by atoms with Crippen molar-refractivity contribution in [1.29, 1.82) is 0 Å². The molecule has 5 aliphatic heterocycles. The molecule has 0 aromatic heterocycles. The SMILES string of the molecule is CCCCCC1=C2C=CC(=N2)C=C2C=CC(=N2)C(c2ccc(N=C=S)cc2)=C2C=CC(=N2)C(C(O)CO)=C2C=CC1=N2. The molecule has 0 amide bonds. The van der Waals surface area contributed by atoms with E-state index in [1.807, 2.05) is 78.9 Å². The summed E-state index contributed by atoms with van der Waals surface area (Å²) in [6.45, 7) is 1.73. The Morgan fingerprint density at radius 3 is 2.33 bits per heavy atom. The first-order valence-corrected chi connectivity index (χ1v) is 14.5. The number of hydrogen-bond donors (Lipinski definition) is 2. The quantitative estimate of drug-likeness (QED) is 0.211. The van der Waals surface area contributed by atoms with Gasteiger partial charge in [0.2, 0.25) is 0 Å². The highest BCUT2D eigenvalue weighted by atomic mass is 32.1. The van der Waals surface area contributed by atoms with Crippen LogP contribution < -0.4 is 0 Å². The van der Waals surface area contributed by atoms with Crippen LogP contribution in [-0.4, -0.2) is 50.9 Å². The molecule has 6 rings (SSSR count). The van der Waals surface area contributed by atoms with E-state index < -0.39 is 12.7 Å². The first kappa shape index (κ1) is 27.7. The number of rotatable bonds is 8. The lowest BCUT2D eigenvalue weighted by Gasteiger charge is -2.14. The van der Waals surface area contributed by atoms with E-state index >= 15 is 0 Å². The van der Waals surface area contributed by atoms with E-state index in [9.17, 15) is 10.2 Å².